The van der Waals surface area contributed by atoms with Crippen LogP contribution >= 0.6 is 34.5 Å². The molecular weight excluding hydrogens is 325 g/mol. The highest BCUT2D eigenvalue weighted by molar-refractivity contribution is 7.09. The van der Waals surface area contributed by atoms with Crippen molar-refractivity contribution in [1.29, 1.82) is 0 Å². The number of rotatable bonds is 4. The van der Waals surface area contributed by atoms with Crippen LogP contribution in [0.25, 0.3) is 0 Å². The van der Waals surface area contributed by atoms with Crippen molar-refractivity contribution in [3.63, 3.8) is 0 Å². The summed E-state index contributed by atoms with van der Waals surface area (Å²) in [7, 11) is 0. The van der Waals surface area contributed by atoms with Gasteiger partial charge in [-0.25, -0.2) is 4.98 Å². The number of nitrogens with zero attached hydrogens (tertiary/aromatic N) is 1. The SMILES string of the molecule is CC(C)(C)c1csc(CC(O)Cc2c(Cl)cccc2Cl)n1. The lowest BCUT2D eigenvalue weighted by Gasteiger charge is -2.14. The third-order valence-electron chi connectivity index (χ3n) is 3.23. The van der Waals surface area contributed by atoms with Gasteiger partial charge in [-0.3, -0.25) is 0 Å². The van der Waals surface area contributed by atoms with Crippen LogP contribution < -0.4 is 0 Å². The minimum absolute atomic E-state index is 0.0335. The van der Waals surface area contributed by atoms with Crippen molar-refractivity contribution in [2.45, 2.75) is 45.1 Å². The quantitative estimate of drug-likeness (QED) is 0.856. The first-order valence-electron chi connectivity index (χ1n) is 6.83. The number of thiazole rings is 1. The Morgan fingerprint density at radius 3 is 2.33 bits per heavy atom. The van der Waals surface area contributed by atoms with E-state index in [1.54, 1.807) is 29.5 Å². The number of aromatic nitrogens is 1. The van der Waals surface area contributed by atoms with Crippen LogP contribution in [0, 0.1) is 0 Å². The topological polar surface area (TPSA) is 33.1 Å². The van der Waals surface area contributed by atoms with Crippen molar-refractivity contribution >= 4 is 34.5 Å². The molecule has 1 aromatic carbocycles. The molecule has 0 radical (unpaired) electrons. The van der Waals surface area contributed by atoms with Crippen LogP contribution in [-0.2, 0) is 18.3 Å². The molecule has 0 spiro atoms. The van der Waals surface area contributed by atoms with Crippen molar-refractivity contribution in [2.24, 2.45) is 0 Å². The summed E-state index contributed by atoms with van der Waals surface area (Å²) in [5.74, 6) is 0. The van der Waals surface area contributed by atoms with Gasteiger partial charge in [0.05, 0.1) is 16.8 Å². The van der Waals surface area contributed by atoms with Gasteiger partial charge in [-0.05, 0) is 17.7 Å². The Bertz CT molecular complexity index is 599. The minimum atomic E-state index is -0.540. The summed E-state index contributed by atoms with van der Waals surface area (Å²) in [5, 5.41) is 14.5. The number of benzene rings is 1. The molecular formula is C16H19Cl2NOS. The van der Waals surface area contributed by atoms with Gasteiger partial charge in [-0.1, -0.05) is 50.0 Å². The van der Waals surface area contributed by atoms with Crippen LogP contribution in [-0.4, -0.2) is 16.2 Å². The maximum absolute atomic E-state index is 10.3. The summed E-state index contributed by atoms with van der Waals surface area (Å²) < 4.78 is 0. The van der Waals surface area contributed by atoms with E-state index in [1.807, 2.05) is 0 Å². The van der Waals surface area contributed by atoms with E-state index in [1.165, 1.54) is 0 Å². The summed E-state index contributed by atoms with van der Waals surface area (Å²) in [6.07, 6.45) is 0.409. The lowest BCUT2D eigenvalue weighted by molar-refractivity contribution is 0.175. The number of hydrogen-bond donors (Lipinski definition) is 1. The lowest BCUT2D eigenvalue weighted by Crippen LogP contribution is -2.15. The second kappa shape index (κ2) is 6.66. The van der Waals surface area contributed by atoms with Gasteiger partial charge >= 0.3 is 0 Å². The summed E-state index contributed by atoms with van der Waals surface area (Å²) in [6, 6.07) is 5.38. The molecule has 114 valence electrons. The Hall–Kier alpha value is -0.610. The standard InChI is InChI=1S/C16H19Cl2NOS/c1-16(2,3)14-9-21-15(19-14)8-10(20)7-11-12(17)5-4-6-13(11)18/h4-6,9-10,20H,7-8H2,1-3H3. The molecule has 1 unspecified atom stereocenters. The fourth-order valence-corrected chi connectivity index (χ4v) is 3.63. The van der Waals surface area contributed by atoms with E-state index in [4.69, 9.17) is 23.2 Å². The Morgan fingerprint density at radius 1 is 1.19 bits per heavy atom. The van der Waals surface area contributed by atoms with Crippen LogP contribution in [0.5, 0.6) is 0 Å². The zero-order valence-electron chi connectivity index (χ0n) is 12.4. The molecule has 21 heavy (non-hydrogen) atoms. The Kier molecular flexibility index (Phi) is 5.31. The zero-order chi connectivity index (χ0) is 15.6. The summed E-state index contributed by atoms with van der Waals surface area (Å²) in [4.78, 5) is 4.60. The largest absolute Gasteiger partial charge is 0.392 e. The molecule has 2 aromatic rings. The predicted molar refractivity (Wildman–Crippen MR) is 90.7 cm³/mol. The van der Waals surface area contributed by atoms with Crippen molar-refractivity contribution < 1.29 is 5.11 Å². The van der Waals surface area contributed by atoms with Gasteiger partial charge in [0, 0.05) is 33.7 Å². The van der Waals surface area contributed by atoms with E-state index < -0.39 is 6.10 Å². The van der Waals surface area contributed by atoms with E-state index in [0.29, 0.717) is 22.9 Å². The normalized spacial score (nSPS) is 13.4. The molecule has 0 saturated carbocycles. The van der Waals surface area contributed by atoms with Gasteiger partial charge < -0.3 is 5.11 Å². The zero-order valence-corrected chi connectivity index (χ0v) is 14.7. The highest BCUT2D eigenvalue weighted by Gasteiger charge is 2.19. The highest BCUT2D eigenvalue weighted by Crippen LogP contribution is 2.28. The Morgan fingerprint density at radius 2 is 1.81 bits per heavy atom. The molecule has 1 heterocycles. The number of hydrogen-bond acceptors (Lipinski definition) is 3. The van der Waals surface area contributed by atoms with Gasteiger partial charge in [0.15, 0.2) is 0 Å². The van der Waals surface area contributed by atoms with E-state index in [9.17, 15) is 5.11 Å². The lowest BCUT2D eigenvalue weighted by atomic mass is 9.93. The van der Waals surface area contributed by atoms with Crippen LogP contribution in [0.2, 0.25) is 10.0 Å². The summed E-state index contributed by atoms with van der Waals surface area (Å²) >= 11 is 13.9. The van der Waals surface area contributed by atoms with E-state index in [2.05, 4.69) is 31.1 Å². The first-order valence-corrected chi connectivity index (χ1v) is 8.47. The maximum atomic E-state index is 10.3. The number of aliphatic hydroxyl groups excluding tert-OH is 1. The molecule has 0 bridgehead atoms. The summed E-state index contributed by atoms with van der Waals surface area (Å²) in [5.41, 5.74) is 1.89. The fourth-order valence-electron chi connectivity index (χ4n) is 1.99. The van der Waals surface area contributed by atoms with Gasteiger partial charge in [-0.2, -0.15) is 0 Å². The number of halogens is 2. The molecule has 0 aliphatic rings. The third kappa shape index (κ3) is 4.43. The minimum Gasteiger partial charge on any atom is -0.392 e. The monoisotopic (exact) mass is 343 g/mol. The average molecular weight is 344 g/mol. The van der Waals surface area contributed by atoms with Crippen LogP contribution in [0.3, 0.4) is 0 Å². The fraction of sp³-hybridized carbons (Fsp3) is 0.438. The van der Waals surface area contributed by atoms with Crippen molar-refractivity contribution in [1.82, 2.24) is 4.98 Å². The molecule has 1 aromatic heterocycles. The highest BCUT2D eigenvalue weighted by atomic mass is 35.5. The molecule has 1 atom stereocenters. The molecule has 0 fully saturated rings. The maximum Gasteiger partial charge on any atom is 0.0954 e. The number of aliphatic hydroxyl groups is 1. The second-order valence-electron chi connectivity index (χ2n) is 6.14. The van der Waals surface area contributed by atoms with Gasteiger partial charge in [0.1, 0.15) is 0 Å². The molecule has 5 heteroatoms. The second-order valence-corrected chi connectivity index (χ2v) is 7.90. The molecule has 2 rings (SSSR count). The Labute approximate surface area is 139 Å². The molecule has 2 nitrogen and oxygen atoms in total. The van der Waals surface area contributed by atoms with Crippen LogP contribution in [0.15, 0.2) is 23.6 Å². The van der Waals surface area contributed by atoms with Crippen molar-refractivity contribution in [2.75, 3.05) is 0 Å². The van der Waals surface area contributed by atoms with E-state index in [-0.39, 0.29) is 5.41 Å². The van der Waals surface area contributed by atoms with Crippen LogP contribution in [0.1, 0.15) is 37.0 Å². The molecule has 0 aliphatic heterocycles. The van der Waals surface area contributed by atoms with E-state index >= 15 is 0 Å². The molecule has 0 saturated heterocycles. The molecule has 0 amide bonds. The summed E-state index contributed by atoms with van der Waals surface area (Å²) in [6.45, 7) is 6.39. The first-order chi connectivity index (χ1) is 9.77. The van der Waals surface area contributed by atoms with Gasteiger partial charge in [0.2, 0.25) is 0 Å². The van der Waals surface area contributed by atoms with Gasteiger partial charge in [0.25, 0.3) is 0 Å². The molecule has 0 aliphatic carbocycles. The third-order valence-corrected chi connectivity index (χ3v) is 4.81. The average Bonchev–Trinajstić information content (AvgIpc) is 2.82. The van der Waals surface area contributed by atoms with Crippen LogP contribution in [0.4, 0.5) is 0 Å². The van der Waals surface area contributed by atoms with E-state index in [0.717, 1.165) is 16.3 Å². The van der Waals surface area contributed by atoms with Crippen molar-refractivity contribution in [3.8, 4) is 0 Å². The first kappa shape index (κ1) is 16.8. The Balaban J connectivity index is 2.05. The predicted octanol–water partition coefficient (Wildman–Crippen LogP) is 4.89. The smallest absolute Gasteiger partial charge is 0.0954 e. The van der Waals surface area contributed by atoms with Crippen molar-refractivity contribution in [3.05, 3.63) is 49.9 Å². The van der Waals surface area contributed by atoms with Gasteiger partial charge in [-0.15, -0.1) is 11.3 Å². The molecule has 1 N–H and O–H groups in total.